The minimum Gasteiger partial charge on any atom is -0.379 e. The Balaban J connectivity index is 1.74. The lowest BCUT2D eigenvalue weighted by molar-refractivity contribution is 0.0344. The summed E-state index contributed by atoms with van der Waals surface area (Å²) in [5, 5.41) is 11.4. The largest absolute Gasteiger partial charge is 0.379 e. The Morgan fingerprint density at radius 2 is 1.82 bits per heavy atom. The SMILES string of the molecule is CC(C)Sc1nnc(-c2c(CN3CCOCC3)c3cc(F)ccc3n2C)n1-c1ccccc1. The van der Waals surface area contributed by atoms with Crippen LogP contribution in [0.4, 0.5) is 4.39 Å². The van der Waals surface area contributed by atoms with Gasteiger partial charge in [-0.25, -0.2) is 4.39 Å². The Bertz CT molecular complexity index is 1260. The van der Waals surface area contributed by atoms with Gasteiger partial charge < -0.3 is 9.30 Å². The zero-order valence-electron chi connectivity index (χ0n) is 19.2. The molecule has 0 atom stereocenters. The second kappa shape index (κ2) is 9.29. The molecule has 0 unspecified atom stereocenters. The number of rotatable bonds is 6. The molecule has 4 aromatic rings. The van der Waals surface area contributed by atoms with Gasteiger partial charge in [-0.2, -0.15) is 0 Å². The van der Waals surface area contributed by atoms with Gasteiger partial charge in [0.25, 0.3) is 0 Å². The molecule has 1 aliphatic heterocycles. The fraction of sp³-hybridized carbons (Fsp3) is 0.360. The first kappa shape index (κ1) is 22.1. The molecule has 1 fully saturated rings. The minimum absolute atomic E-state index is 0.233. The van der Waals surface area contributed by atoms with Crippen LogP contribution in [0, 0.1) is 5.82 Å². The van der Waals surface area contributed by atoms with Gasteiger partial charge in [0.05, 0.1) is 18.9 Å². The Labute approximate surface area is 197 Å². The summed E-state index contributed by atoms with van der Waals surface area (Å²) < 4.78 is 24.1. The van der Waals surface area contributed by atoms with Crippen molar-refractivity contribution in [2.45, 2.75) is 30.8 Å². The number of aryl methyl sites for hydroxylation is 1. The van der Waals surface area contributed by atoms with Crippen molar-refractivity contribution < 1.29 is 9.13 Å². The molecule has 5 rings (SSSR count). The van der Waals surface area contributed by atoms with Crippen molar-refractivity contribution in [1.29, 1.82) is 0 Å². The molecule has 33 heavy (non-hydrogen) atoms. The van der Waals surface area contributed by atoms with Gasteiger partial charge in [0.2, 0.25) is 0 Å². The molecule has 2 aromatic carbocycles. The second-order valence-corrected chi connectivity index (χ2v) is 10.1. The predicted molar refractivity (Wildman–Crippen MR) is 130 cm³/mol. The first-order valence-corrected chi connectivity index (χ1v) is 12.2. The zero-order chi connectivity index (χ0) is 22.9. The summed E-state index contributed by atoms with van der Waals surface area (Å²) in [6, 6.07) is 15.2. The molecule has 0 amide bonds. The van der Waals surface area contributed by atoms with E-state index in [4.69, 9.17) is 4.74 Å². The molecule has 1 saturated heterocycles. The second-order valence-electron chi connectivity index (χ2n) is 8.58. The van der Waals surface area contributed by atoms with E-state index in [9.17, 15) is 4.39 Å². The van der Waals surface area contributed by atoms with Crippen LogP contribution < -0.4 is 0 Å². The van der Waals surface area contributed by atoms with Crippen LogP contribution in [0.5, 0.6) is 0 Å². The van der Waals surface area contributed by atoms with E-state index in [2.05, 4.69) is 50.2 Å². The number of halogens is 1. The van der Waals surface area contributed by atoms with E-state index in [0.29, 0.717) is 25.0 Å². The van der Waals surface area contributed by atoms with Gasteiger partial charge in [0.1, 0.15) is 5.82 Å². The normalized spacial score (nSPS) is 15.1. The van der Waals surface area contributed by atoms with Crippen molar-refractivity contribution in [2.75, 3.05) is 26.3 Å². The summed E-state index contributed by atoms with van der Waals surface area (Å²) in [7, 11) is 2.03. The van der Waals surface area contributed by atoms with Gasteiger partial charge in [0, 0.05) is 54.1 Å². The first-order chi connectivity index (χ1) is 16.0. The number of nitrogens with zero attached hydrogens (tertiary/aromatic N) is 5. The van der Waals surface area contributed by atoms with E-state index >= 15 is 0 Å². The molecule has 0 saturated carbocycles. The average Bonchev–Trinajstić information content (AvgIpc) is 3.33. The number of ether oxygens (including phenoxy) is 1. The third kappa shape index (κ3) is 4.30. The summed E-state index contributed by atoms with van der Waals surface area (Å²) in [5.74, 6) is 0.537. The Morgan fingerprint density at radius 1 is 1.06 bits per heavy atom. The van der Waals surface area contributed by atoms with Crippen LogP contribution in [-0.2, 0) is 18.3 Å². The van der Waals surface area contributed by atoms with Crippen molar-refractivity contribution in [3.63, 3.8) is 0 Å². The summed E-state index contributed by atoms with van der Waals surface area (Å²) >= 11 is 1.69. The molecule has 172 valence electrons. The molecule has 0 N–H and O–H groups in total. The molecule has 0 aliphatic carbocycles. The fourth-order valence-corrected chi connectivity index (χ4v) is 5.25. The van der Waals surface area contributed by atoms with Crippen LogP contribution in [-0.4, -0.2) is 55.8 Å². The first-order valence-electron chi connectivity index (χ1n) is 11.3. The Morgan fingerprint density at radius 3 is 2.55 bits per heavy atom. The quantitative estimate of drug-likeness (QED) is 0.379. The van der Waals surface area contributed by atoms with Gasteiger partial charge in [-0.1, -0.05) is 43.8 Å². The molecular weight excluding hydrogens is 437 g/mol. The number of hydrogen-bond acceptors (Lipinski definition) is 5. The lowest BCUT2D eigenvalue weighted by Crippen LogP contribution is -2.35. The summed E-state index contributed by atoms with van der Waals surface area (Å²) in [4.78, 5) is 2.36. The number of para-hydroxylation sites is 1. The van der Waals surface area contributed by atoms with Gasteiger partial charge in [0.15, 0.2) is 11.0 Å². The Kier molecular flexibility index (Phi) is 6.23. The van der Waals surface area contributed by atoms with Crippen LogP contribution in [0.25, 0.3) is 28.1 Å². The molecule has 0 radical (unpaired) electrons. The summed E-state index contributed by atoms with van der Waals surface area (Å²) in [6.45, 7) is 8.13. The van der Waals surface area contributed by atoms with Gasteiger partial charge >= 0.3 is 0 Å². The molecular formula is C25H28FN5OS. The maximum absolute atomic E-state index is 14.4. The number of hydrogen-bond donors (Lipinski definition) is 0. The molecule has 0 bridgehead atoms. The maximum Gasteiger partial charge on any atom is 0.196 e. The van der Waals surface area contributed by atoms with Gasteiger partial charge in [-0.15, -0.1) is 10.2 Å². The third-order valence-electron chi connectivity index (χ3n) is 5.95. The van der Waals surface area contributed by atoms with Crippen LogP contribution in [0.15, 0.2) is 53.7 Å². The lowest BCUT2D eigenvalue weighted by atomic mass is 10.1. The van der Waals surface area contributed by atoms with E-state index in [0.717, 1.165) is 51.9 Å². The van der Waals surface area contributed by atoms with E-state index in [1.165, 1.54) is 6.07 Å². The monoisotopic (exact) mass is 465 g/mol. The van der Waals surface area contributed by atoms with E-state index in [-0.39, 0.29) is 5.82 Å². The topological polar surface area (TPSA) is 48.1 Å². The molecule has 3 heterocycles. The van der Waals surface area contributed by atoms with Crippen molar-refractivity contribution in [3.05, 3.63) is 59.9 Å². The van der Waals surface area contributed by atoms with E-state index in [1.54, 1.807) is 17.8 Å². The molecule has 8 heteroatoms. The fourth-order valence-electron chi connectivity index (χ4n) is 4.44. The number of fused-ring (bicyclic) bond motifs is 1. The highest BCUT2D eigenvalue weighted by Crippen LogP contribution is 2.37. The minimum atomic E-state index is -0.233. The average molecular weight is 466 g/mol. The number of benzene rings is 2. The number of aromatic nitrogens is 4. The molecule has 2 aromatic heterocycles. The van der Waals surface area contributed by atoms with Crippen LogP contribution in [0.2, 0.25) is 0 Å². The van der Waals surface area contributed by atoms with Crippen molar-refractivity contribution in [3.8, 4) is 17.2 Å². The summed E-state index contributed by atoms with van der Waals surface area (Å²) in [6.07, 6.45) is 0. The zero-order valence-corrected chi connectivity index (χ0v) is 20.0. The highest BCUT2D eigenvalue weighted by atomic mass is 32.2. The van der Waals surface area contributed by atoms with Crippen molar-refractivity contribution in [1.82, 2.24) is 24.2 Å². The van der Waals surface area contributed by atoms with E-state index in [1.807, 2.05) is 31.3 Å². The highest BCUT2D eigenvalue weighted by molar-refractivity contribution is 7.99. The van der Waals surface area contributed by atoms with Gasteiger partial charge in [-0.3, -0.25) is 9.47 Å². The highest BCUT2D eigenvalue weighted by Gasteiger charge is 2.26. The predicted octanol–water partition coefficient (Wildman–Crippen LogP) is 4.90. The van der Waals surface area contributed by atoms with Gasteiger partial charge in [-0.05, 0) is 30.3 Å². The summed E-state index contributed by atoms with van der Waals surface area (Å²) in [5.41, 5.74) is 4.03. The lowest BCUT2D eigenvalue weighted by Gasteiger charge is -2.27. The molecule has 0 spiro atoms. The number of thioether (sulfide) groups is 1. The Hall–Kier alpha value is -2.68. The van der Waals surface area contributed by atoms with Crippen LogP contribution >= 0.6 is 11.8 Å². The van der Waals surface area contributed by atoms with E-state index < -0.39 is 0 Å². The standard InChI is InChI=1S/C25H28FN5OS/c1-17(2)33-25-28-27-24(31(25)19-7-5-4-6-8-19)23-21(16-30-11-13-32-14-12-30)20-15-18(26)9-10-22(20)29(23)3/h4-10,15,17H,11-14,16H2,1-3H3. The maximum atomic E-state index is 14.4. The smallest absolute Gasteiger partial charge is 0.196 e. The van der Waals surface area contributed by atoms with Crippen LogP contribution in [0.3, 0.4) is 0 Å². The number of morpholine rings is 1. The third-order valence-corrected chi connectivity index (χ3v) is 6.90. The van der Waals surface area contributed by atoms with Crippen molar-refractivity contribution in [2.24, 2.45) is 7.05 Å². The van der Waals surface area contributed by atoms with Crippen molar-refractivity contribution >= 4 is 22.7 Å². The molecule has 1 aliphatic rings. The molecule has 6 nitrogen and oxygen atoms in total. The van der Waals surface area contributed by atoms with Crippen LogP contribution in [0.1, 0.15) is 19.4 Å².